The number of nitrogens with zero attached hydrogens (tertiary/aromatic N) is 2. The van der Waals surface area contributed by atoms with Crippen LogP contribution in [-0.2, 0) is 16.0 Å². The zero-order valence-electron chi connectivity index (χ0n) is 11.9. The highest BCUT2D eigenvalue weighted by Crippen LogP contribution is 2.01. The minimum Gasteiger partial charge on any atom is -0.372 e. The average molecular weight is 277 g/mol. The maximum Gasteiger partial charge on any atom is 0.248 e. The van der Waals surface area contributed by atoms with Gasteiger partial charge in [0, 0.05) is 38.6 Å². The molecule has 1 N–H and O–H groups in total. The maximum absolute atomic E-state index is 11.9. The van der Waals surface area contributed by atoms with E-state index in [1.807, 2.05) is 17.0 Å². The standard InChI is InChI=1S/C15H23N3O2/c19-15(18-10-2-6-16-9-11-18)13-20-12-1-3-14-4-7-17-8-5-14/h4-5,7-8,16H,1-3,6,9-13H2. The number of rotatable bonds is 6. The summed E-state index contributed by atoms with van der Waals surface area (Å²) in [5, 5.41) is 3.29. The van der Waals surface area contributed by atoms with Gasteiger partial charge in [-0.05, 0) is 43.5 Å². The quantitative estimate of drug-likeness (QED) is 0.783. The zero-order chi connectivity index (χ0) is 14.0. The number of hydrogen-bond donors (Lipinski definition) is 1. The van der Waals surface area contributed by atoms with Crippen molar-refractivity contribution < 1.29 is 9.53 Å². The predicted octanol–water partition coefficient (Wildman–Crippen LogP) is 0.853. The number of aromatic nitrogens is 1. The van der Waals surface area contributed by atoms with Gasteiger partial charge in [0.15, 0.2) is 0 Å². The molecule has 0 aliphatic carbocycles. The molecule has 1 aromatic heterocycles. The molecule has 0 bridgehead atoms. The van der Waals surface area contributed by atoms with E-state index in [0.717, 1.165) is 45.4 Å². The van der Waals surface area contributed by atoms with Gasteiger partial charge < -0.3 is 15.0 Å². The predicted molar refractivity (Wildman–Crippen MR) is 77.4 cm³/mol. The number of hydrogen-bond acceptors (Lipinski definition) is 4. The topological polar surface area (TPSA) is 54.5 Å². The lowest BCUT2D eigenvalue weighted by molar-refractivity contribution is -0.135. The van der Waals surface area contributed by atoms with Gasteiger partial charge in [-0.1, -0.05) is 0 Å². The molecule has 110 valence electrons. The van der Waals surface area contributed by atoms with Crippen molar-refractivity contribution >= 4 is 5.91 Å². The first-order valence-electron chi connectivity index (χ1n) is 7.31. The Morgan fingerprint density at radius 3 is 3.00 bits per heavy atom. The summed E-state index contributed by atoms with van der Waals surface area (Å²) in [4.78, 5) is 17.8. The summed E-state index contributed by atoms with van der Waals surface area (Å²) in [6, 6.07) is 4.02. The van der Waals surface area contributed by atoms with Crippen LogP contribution in [0.15, 0.2) is 24.5 Å². The number of carbonyl (C=O) groups excluding carboxylic acids is 1. The highest BCUT2D eigenvalue weighted by atomic mass is 16.5. The zero-order valence-corrected chi connectivity index (χ0v) is 11.9. The third-order valence-corrected chi connectivity index (χ3v) is 3.42. The fraction of sp³-hybridized carbons (Fsp3) is 0.600. The molecular weight excluding hydrogens is 254 g/mol. The third kappa shape index (κ3) is 5.27. The van der Waals surface area contributed by atoms with Crippen molar-refractivity contribution in [2.45, 2.75) is 19.3 Å². The molecule has 5 nitrogen and oxygen atoms in total. The molecule has 1 fully saturated rings. The molecule has 1 aromatic rings. The van der Waals surface area contributed by atoms with E-state index in [0.29, 0.717) is 6.61 Å². The Bertz CT molecular complexity index is 389. The van der Waals surface area contributed by atoms with Crippen LogP contribution in [0.5, 0.6) is 0 Å². The Morgan fingerprint density at radius 1 is 1.30 bits per heavy atom. The van der Waals surface area contributed by atoms with E-state index in [1.165, 1.54) is 5.56 Å². The Morgan fingerprint density at radius 2 is 2.15 bits per heavy atom. The molecule has 0 unspecified atom stereocenters. The SMILES string of the molecule is O=C(COCCCc1ccncc1)N1CCCNCC1. The van der Waals surface area contributed by atoms with Crippen LogP contribution < -0.4 is 5.32 Å². The van der Waals surface area contributed by atoms with Crippen LogP contribution in [0, 0.1) is 0 Å². The minimum absolute atomic E-state index is 0.109. The fourth-order valence-electron chi connectivity index (χ4n) is 2.27. The number of nitrogens with one attached hydrogen (secondary N) is 1. The van der Waals surface area contributed by atoms with Crippen LogP contribution in [0.1, 0.15) is 18.4 Å². The molecule has 1 aliphatic heterocycles. The smallest absolute Gasteiger partial charge is 0.248 e. The van der Waals surface area contributed by atoms with E-state index in [-0.39, 0.29) is 12.5 Å². The number of aryl methyl sites for hydroxylation is 1. The summed E-state index contributed by atoms with van der Waals surface area (Å²) in [6.07, 6.45) is 6.51. The second kappa shape index (κ2) is 8.66. The molecular formula is C15H23N3O2. The van der Waals surface area contributed by atoms with E-state index in [1.54, 1.807) is 12.4 Å². The fourth-order valence-corrected chi connectivity index (χ4v) is 2.27. The van der Waals surface area contributed by atoms with E-state index < -0.39 is 0 Å². The van der Waals surface area contributed by atoms with E-state index >= 15 is 0 Å². The number of amides is 1. The monoisotopic (exact) mass is 277 g/mol. The minimum atomic E-state index is 0.109. The molecule has 0 atom stereocenters. The lowest BCUT2D eigenvalue weighted by atomic mass is 10.1. The number of carbonyl (C=O) groups is 1. The number of pyridine rings is 1. The van der Waals surface area contributed by atoms with Gasteiger partial charge in [-0.15, -0.1) is 0 Å². The summed E-state index contributed by atoms with van der Waals surface area (Å²) >= 11 is 0. The van der Waals surface area contributed by atoms with Gasteiger partial charge in [0.25, 0.3) is 0 Å². The van der Waals surface area contributed by atoms with Gasteiger partial charge in [0.1, 0.15) is 6.61 Å². The second-order valence-electron chi connectivity index (χ2n) is 5.00. The largest absolute Gasteiger partial charge is 0.372 e. The molecule has 2 rings (SSSR count). The summed E-state index contributed by atoms with van der Waals surface area (Å²) in [5.41, 5.74) is 1.26. The van der Waals surface area contributed by atoms with Crippen LogP contribution in [0.4, 0.5) is 0 Å². The van der Waals surface area contributed by atoms with Gasteiger partial charge >= 0.3 is 0 Å². The molecule has 0 spiro atoms. The Hall–Kier alpha value is -1.46. The maximum atomic E-state index is 11.9. The molecule has 0 saturated carbocycles. The average Bonchev–Trinajstić information content (AvgIpc) is 2.77. The van der Waals surface area contributed by atoms with Crippen LogP contribution in [-0.4, -0.2) is 55.2 Å². The lowest BCUT2D eigenvalue weighted by Gasteiger charge is -2.19. The summed E-state index contributed by atoms with van der Waals surface area (Å²) in [6.45, 7) is 4.34. The van der Waals surface area contributed by atoms with Crippen molar-refractivity contribution in [3.63, 3.8) is 0 Å². The number of ether oxygens (including phenoxy) is 1. The molecule has 20 heavy (non-hydrogen) atoms. The van der Waals surface area contributed by atoms with Gasteiger partial charge in [0.2, 0.25) is 5.91 Å². The van der Waals surface area contributed by atoms with Crippen molar-refractivity contribution in [1.29, 1.82) is 0 Å². The molecule has 0 aromatic carbocycles. The van der Waals surface area contributed by atoms with E-state index in [4.69, 9.17) is 4.74 Å². The normalized spacial score (nSPS) is 15.9. The van der Waals surface area contributed by atoms with Crippen molar-refractivity contribution in [3.8, 4) is 0 Å². The second-order valence-corrected chi connectivity index (χ2v) is 5.00. The Balaban J connectivity index is 1.57. The highest BCUT2D eigenvalue weighted by Gasteiger charge is 2.14. The van der Waals surface area contributed by atoms with Crippen LogP contribution in [0.2, 0.25) is 0 Å². The molecule has 5 heteroatoms. The third-order valence-electron chi connectivity index (χ3n) is 3.42. The summed E-state index contributed by atoms with van der Waals surface area (Å²) in [5.74, 6) is 0.109. The highest BCUT2D eigenvalue weighted by molar-refractivity contribution is 5.77. The van der Waals surface area contributed by atoms with Crippen LogP contribution >= 0.6 is 0 Å². The first kappa shape index (κ1) is 14.9. The lowest BCUT2D eigenvalue weighted by Crippen LogP contribution is -2.36. The summed E-state index contributed by atoms with van der Waals surface area (Å²) in [7, 11) is 0. The molecule has 0 radical (unpaired) electrons. The Kier molecular flexibility index (Phi) is 6.47. The van der Waals surface area contributed by atoms with Gasteiger partial charge in [0.05, 0.1) is 0 Å². The van der Waals surface area contributed by atoms with Gasteiger partial charge in [-0.25, -0.2) is 0 Å². The first-order valence-corrected chi connectivity index (χ1v) is 7.31. The van der Waals surface area contributed by atoms with Crippen LogP contribution in [0.25, 0.3) is 0 Å². The van der Waals surface area contributed by atoms with Gasteiger partial charge in [-0.3, -0.25) is 9.78 Å². The van der Waals surface area contributed by atoms with E-state index in [9.17, 15) is 4.79 Å². The van der Waals surface area contributed by atoms with Crippen molar-refractivity contribution in [2.75, 3.05) is 39.4 Å². The summed E-state index contributed by atoms with van der Waals surface area (Å²) < 4.78 is 5.48. The van der Waals surface area contributed by atoms with Gasteiger partial charge in [-0.2, -0.15) is 0 Å². The molecule has 1 aliphatic rings. The van der Waals surface area contributed by atoms with Crippen molar-refractivity contribution in [2.24, 2.45) is 0 Å². The van der Waals surface area contributed by atoms with Crippen LogP contribution in [0.3, 0.4) is 0 Å². The van der Waals surface area contributed by atoms with Crippen molar-refractivity contribution in [1.82, 2.24) is 15.2 Å². The molecule has 1 saturated heterocycles. The van der Waals surface area contributed by atoms with Crippen molar-refractivity contribution in [3.05, 3.63) is 30.1 Å². The van der Waals surface area contributed by atoms with E-state index in [2.05, 4.69) is 10.3 Å². The first-order chi connectivity index (χ1) is 9.86. The Labute approximate surface area is 120 Å². The molecule has 2 heterocycles. The molecule has 1 amide bonds.